The standard InChI is InChI=1S/C20H18N4O/c1-13-5-6-18-16(7-13)9-17-19(23-18)22-12-24(20(17)25)11-15-4-2-3-14(8-15)10-21/h2-4,8-9,12-13H,5-7,11H2,1H3/t13-/m1/s1. The van der Waals surface area contributed by atoms with Gasteiger partial charge < -0.3 is 0 Å². The van der Waals surface area contributed by atoms with Crippen LogP contribution in [0.1, 0.15) is 35.7 Å². The summed E-state index contributed by atoms with van der Waals surface area (Å²) in [5.41, 5.74) is 4.19. The number of hydrogen-bond donors (Lipinski definition) is 0. The van der Waals surface area contributed by atoms with Gasteiger partial charge in [-0.1, -0.05) is 19.1 Å². The normalized spacial score (nSPS) is 16.4. The fraction of sp³-hybridized carbons (Fsp3) is 0.300. The van der Waals surface area contributed by atoms with Crippen molar-refractivity contribution in [2.45, 2.75) is 32.7 Å². The second-order valence-corrected chi connectivity index (χ2v) is 6.80. The molecule has 5 nitrogen and oxygen atoms in total. The van der Waals surface area contributed by atoms with Crippen LogP contribution in [0.3, 0.4) is 0 Å². The molecular weight excluding hydrogens is 312 g/mol. The van der Waals surface area contributed by atoms with Gasteiger partial charge in [0, 0.05) is 5.69 Å². The average Bonchev–Trinajstić information content (AvgIpc) is 2.63. The third-order valence-electron chi connectivity index (χ3n) is 4.83. The highest BCUT2D eigenvalue weighted by Gasteiger charge is 2.18. The summed E-state index contributed by atoms with van der Waals surface area (Å²) in [6, 6.07) is 11.4. The predicted molar refractivity (Wildman–Crippen MR) is 95.2 cm³/mol. The van der Waals surface area contributed by atoms with Crippen LogP contribution in [0.2, 0.25) is 0 Å². The SMILES string of the molecule is C[C@@H]1CCc2nc3ncn(Cc4cccc(C#N)c4)c(=O)c3cc2C1. The van der Waals surface area contributed by atoms with E-state index in [0.29, 0.717) is 29.1 Å². The first-order chi connectivity index (χ1) is 12.1. The fourth-order valence-corrected chi connectivity index (χ4v) is 3.47. The van der Waals surface area contributed by atoms with Crippen molar-refractivity contribution in [2.24, 2.45) is 5.92 Å². The van der Waals surface area contributed by atoms with Crippen LogP contribution in [-0.2, 0) is 19.4 Å². The Morgan fingerprint density at radius 3 is 3.08 bits per heavy atom. The predicted octanol–water partition coefficient (Wildman–Crippen LogP) is 2.84. The maximum Gasteiger partial charge on any atom is 0.263 e. The van der Waals surface area contributed by atoms with E-state index in [1.807, 2.05) is 18.2 Å². The molecule has 2 aromatic heterocycles. The molecule has 0 saturated carbocycles. The van der Waals surface area contributed by atoms with Gasteiger partial charge in [-0.25, -0.2) is 9.97 Å². The minimum atomic E-state index is -0.0825. The number of rotatable bonds is 2. The zero-order valence-electron chi connectivity index (χ0n) is 14.1. The van der Waals surface area contributed by atoms with Crippen LogP contribution in [0.15, 0.2) is 41.5 Å². The first-order valence-corrected chi connectivity index (χ1v) is 8.51. The van der Waals surface area contributed by atoms with Crippen molar-refractivity contribution in [3.05, 3.63) is 69.4 Å². The summed E-state index contributed by atoms with van der Waals surface area (Å²) in [4.78, 5) is 21.9. The van der Waals surface area contributed by atoms with Gasteiger partial charge in [0.1, 0.15) is 6.33 Å². The largest absolute Gasteiger partial charge is 0.294 e. The number of nitrogens with zero attached hydrogens (tertiary/aromatic N) is 4. The maximum atomic E-state index is 12.9. The van der Waals surface area contributed by atoms with Gasteiger partial charge in [-0.15, -0.1) is 0 Å². The van der Waals surface area contributed by atoms with Crippen molar-refractivity contribution in [2.75, 3.05) is 0 Å². The van der Waals surface area contributed by atoms with Crippen LogP contribution in [-0.4, -0.2) is 14.5 Å². The molecule has 1 atom stereocenters. The molecule has 0 aliphatic heterocycles. The number of pyridine rings is 1. The van der Waals surface area contributed by atoms with Crippen molar-refractivity contribution in [3.63, 3.8) is 0 Å². The number of hydrogen-bond acceptors (Lipinski definition) is 4. The van der Waals surface area contributed by atoms with Gasteiger partial charge >= 0.3 is 0 Å². The smallest absolute Gasteiger partial charge is 0.263 e. The monoisotopic (exact) mass is 330 g/mol. The zero-order valence-corrected chi connectivity index (χ0v) is 14.1. The van der Waals surface area contributed by atoms with Gasteiger partial charge in [-0.3, -0.25) is 9.36 Å². The molecule has 5 heteroatoms. The Balaban J connectivity index is 1.77. The molecule has 0 N–H and O–H groups in total. The second-order valence-electron chi connectivity index (χ2n) is 6.80. The molecule has 124 valence electrons. The van der Waals surface area contributed by atoms with E-state index >= 15 is 0 Å². The number of fused-ring (bicyclic) bond motifs is 2. The molecule has 0 radical (unpaired) electrons. The van der Waals surface area contributed by atoms with Gasteiger partial charge in [0.2, 0.25) is 0 Å². The Labute approximate surface area is 145 Å². The quantitative estimate of drug-likeness (QED) is 0.724. The summed E-state index contributed by atoms with van der Waals surface area (Å²) in [7, 11) is 0. The molecule has 25 heavy (non-hydrogen) atoms. The highest BCUT2D eigenvalue weighted by atomic mass is 16.1. The Kier molecular flexibility index (Phi) is 3.81. The lowest BCUT2D eigenvalue weighted by Crippen LogP contribution is -2.23. The van der Waals surface area contributed by atoms with Crippen molar-refractivity contribution in [3.8, 4) is 6.07 Å². The summed E-state index contributed by atoms with van der Waals surface area (Å²) in [6.45, 7) is 2.63. The minimum Gasteiger partial charge on any atom is -0.294 e. The van der Waals surface area contributed by atoms with Crippen LogP contribution < -0.4 is 5.56 Å². The van der Waals surface area contributed by atoms with E-state index in [0.717, 1.165) is 30.5 Å². The highest BCUT2D eigenvalue weighted by molar-refractivity contribution is 5.74. The average molecular weight is 330 g/mol. The molecule has 4 rings (SSSR count). The lowest BCUT2D eigenvalue weighted by molar-refractivity contribution is 0.495. The highest BCUT2D eigenvalue weighted by Crippen LogP contribution is 2.25. The number of aromatic nitrogens is 3. The Morgan fingerprint density at radius 1 is 1.36 bits per heavy atom. The van der Waals surface area contributed by atoms with Crippen LogP contribution in [0, 0.1) is 17.2 Å². The lowest BCUT2D eigenvalue weighted by Gasteiger charge is -2.20. The van der Waals surface area contributed by atoms with Crippen molar-refractivity contribution >= 4 is 11.0 Å². The Hall–Kier alpha value is -3.00. The van der Waals surface area contributed by atoms with Crippen LogP contribution in [0.5, 0.6) is 0 Å². The maximum absolute atomic E-state index is 12.9. The van der Waals surface area contributed by atoms with E-state index in [2.05, 4.69) is 23.0 Å². The van der Waals surface area contributed by atoms with Gasteiger partial charge in [0.15, 0.2) is 5.65 Å². The van der Waals surface area contributed by atoms with Crippen LogP contribution >= 0.6 is 0 Å². The second kappa shape index (κ2) is 6.14. The van der Waals surface area contributed by atoms with E-state index in [1.54, 1.807) is 23.0 Å². The van der Waals surface area contributed by atoms with Gasteiger partial charge in [0.25, 0.3) is 5.56 Å². The number of benzene rings is 1. The molecule has 0 fully saturated rings. The molecule has 1 aliphatic carbocycles. The minimum absolute atomic E-state index is 0.0825. The van der Waals surface area contributed by atoms with Crippen LogP contribution in [0.25, 0.3) is 11.0 Å². The van der Waals surface area contributed by atoms with Crippen molar-refractivity contribution in [1.29, 1.82) is 5.26 Å². The van der Waals surface area contributed by atoms with Crippen LogP contribution in [0.4, 0.5) is 0 Å². The molecule has 2 heterocycles. The van der Waals surface area contributed by atoms with Gasteiger partial charge in [0.05, 0.1) is 23.6 Å². The summed E-state index contributed by atoms with van der Waals surface area (Å²) in [6.07, 6.45) is 4.61. The Morgan fingerprint density at radius 2 is 2.24 bits per heavy atom. The molecule has 1 aliphatic rings. The zero-order chi connectivity index (χ0) is 17.4. The molecule has 0 spiro atoms. The summed E-state index contributed by atoms with van der Waals surface area (Å²) >= 11 is 0. The fourth-order valence-electron chi connectivity index (χ4n) is 3.47. The third-order valence-corrected chi connectivity index (χ3v) is 4.83. The summed E-state index contributed by atoms with van der Waals surface area (Å²) in [5, 5.41) is 9.59. The summed E-state index contributed by atoms with van der Waals surface area (Å²) in [5.74, 6) is 0.624. The first-order valence-electron chi connectivity index (χ1n) is 8.51. The van der Waals surface area contributed by atoms with Crippen molar-refractivity contribution < 1.29 is 0 Å². The lowest BCUT2D eigenvalue weighted by atomic mass is 9.87. The molecule has 0 amide bonds. The van der Waals surface area contributed by atoms with Gasteiger partial charge in [-0.05, 0) is 54.5 Å². The van der Waals surface area contributed by atoms with E-state index < -0.39 is 0 Å². The number of nitriles is 1. The van der Waals surface area contributed by atoms with E-state index in [1.165, 1.54) is 5.56 Å². The first kappa shape index (κ1) is 15.5. The van der Waals surface area contributed by atoms with E-state index in [-0.39, 0.29) is 5.56 Å². The molecule has 1 aromatic carbocycles. The molecule has 3 aromatic rings. The third kappa shape index (κ3) is 2.91. The molecule has 0 bridgehead atoms. The number of aryl methyl sites for hydroxylation is 1. The van der Waals surface area contributed by atoms with E-state index in [4.69, 9.17) is 5.26 Å². The molecular formula is C20H18N4O. The van der Waals surface area contributed by atoms with Gasteiger partial charge in [-0.2, -0.15) is 5.26 Å². The molecule has 0 saturated heterocycles. The van der Waals surface area contributed by atoms with E-state index in [9.17, 15) is 4.79 Å². The van der Waals surface area contributed by atoms with Crippen molar-refractivity contribution in [1.82, 2.24) is 14.5 Å². The molecule has 0 unspecified atom stereocenters. The Bertz CT molecular complexity index is 1060. The topological polar surface area (TPSA) is 71.6 Å². The summed E-state index contributed by atoms with van der Waals surface area (Å²) < 4.78 is 1.58.